The zero-order valence-corrected chi connectivity index (χ0v) is 20.7. The van der Waals surface area contributed by atoms with Crippen LogP contribution in [-0.2, 0) is 14.3 Å². The Morgan fingerprint density at radius 2 is 1.26 bits per heavy atom. The molecular formula is C22H36N6O6. The number of esters is 1. The van der Waals surface area contributed by atoms with E-state index in [-0.39, 0.29) is 54.9 Å². The molecular weight excluding hydrogens is 444 g/mol. The molecule has 0 bridgehead atoms. The highest BCUT2D eigenvalue weighted by atomic mass is 16.6. The molecule has 1 heterocycles. The van der Waals surface area contributed by atoms with E-state index in [1.807, 2.05) is 0 Å². The number of carbonyl (C=O) groups is 4. The predicted octanol–water partition coefficient (Wildman–Crippen LogP) is 1.98. The molecule has 1 aromatic heterocycles. The number of nitrogens with one attached hydrogen (secondary N) is 2. The molecule has 6 N–H and O–H groups in total. The second-order valence-electron chi connectivity index (χ2n) is 9.59. The lowest BCUT2D eigenvalue weighted by Gasteiger charge is -2.19. The molecule has 0 aliphatic rings. The zero-order chi connectivity index (χ0) is 26.1. The highest BCUT2D eigenvalue weighted by Gasteiger charge is 2.21. The van der Waals surface area contributed by atoms with E-state index in [2.05, 4.69) is 20.6 Å². The van der Waals surface area contributed by atoms with Crippen LogP contribution in [0.15, 0.2) is 0 Å². The van der Waals surface area contributed by atoms with Gasteiger partial charge in [-0.1, -0.05) is 0 Å². The number of nitrogens with zero attached hydrogens (tertiary/aromatic N) is 2. The summed E-state index contributed by atoms with van der Waals surface area (Å²) in [4.78, 5) is 56.0. The minimum atomic E-state index is -0.624. The first-order valence-electron chi connectivity index (χ1n) is 11.0. The second kappa shape index (κ2) is 12.1. The lowest BCUT2D eigenvalue weighted by Crippen LogP contribution is -2.33. The van der Waals surface area contributed by atoms with E-state index in [0.29, 0.717) is 12.8 Å². The minimum absolute atomic E-state index is 0.0321. The molecule has 0 aliphatic heterocycles. The van der Waals surface area contributed by atoms with Crippen LogP contribution in [0.1, 0.15) is 88.2 Å². The Bertz CT molecular complexity index is 831. The number of ether oxygens (including phenoxy) is 2. The molecule has 0 fully saturated rings. The number of amides is 2. The smallest absolute Gasteiger partial charge is 0.407 e. The molecule has 0 aliphatic carbocycles. The van der Waals surface area contributed by atoms with Crippen molar-refractivity contribution in [2.75, 3.05) is 24.6 Å². The molecule has 1 aromatic rings. The first kappa shape index (κ1) is 28.6. The molecule has 0 radical (unpaired) electrons. The van der Waals surface area contributed by atoms with Gasteiger partial charge in [-0.05, 0) is 54.4 Å². The van der Waals surface area contributed by atoms with Crippen LogP contribution in [0.2, 0.25) is 0 Å². The van der Waals surface area contributed by atoms with Gasteiger partial charge in [0.15, 0.2) is 28.8 Å². The van der Waals surface area contributed by atoms with Crippen LogP contribution in [0, 0.1) is 0 Å². The van der Waals surface area contributed by atoms with Gasteiger partial charge >= 0.3 is 12.1 Å². The third kappa shape index (κ3) is 10.9. The number of Topliss-reactive ketones (excluding diaryl/α,β-unsaturated/α-hetero) is 1. The van der Waals surface area contributed by atoms with E-state index in [1.165, 1.54) is 0 Å². The maximum Gasteiger partial charge on any atom is 0.407 e. The number of aromatic nitrogens is 2. The molecule has 0 saturated carbocycles. The maximum atomic E-state index is 12.4. The fraction of sp³-hybridized carbons (Fsp3) is 0.636. The topological polar surface area (TPSA) is 189 Å². The number of carbonyl (C=O) groups excluding carboxylic acids is 4. The van der Waals surface area contributed by atoms with Crippen LogP contribution >= 0.6 is 0 Å². The Morgan fingerprint density at radius 1 is 0.765 bits per heavy atom. The highest BCUT2D eigenvalue weighted by Crippen LogP contribution is 2.16. The molecule has 34 heavy (non-hydrogen) atoms. The SMILES string of the molecule is CC(C)(C)OC(=O)CCCNC(=O)c1nc(N)c(C(=O)CCCNC(=O)OC(C)(C)C)nc1N. The third-order valence-electron chi connectivity index (χ3n) is 3.94. The fourth-order valence-electron chi connectivity index (χ4n) is 2.62. The van der Waals surface area contributed by atoms with Crippen LogP contribution in [-0.4, -0.2) is 58.0 Å². The highest BCUT2D eigenvalue weighted by molar-refractivity contribution is 6.01. The summed E-state index contributed by atoms with van der Waals surface area (Å²) in [6.07, 6.45) is 0.266. The summed E-state index contributed by atoms with van der Waals surface area (Å²) in [7, 11) is 0. The van der Waals surface area contributed by atoms with E-state index in [1.54, 1.807) is 41.5 Å². The first-order chi connectivity index (χ1) is 15.6. The van der Waals surface area contributed by atoms with Gasteiger partial charge in [-0.25, -0.2) is 14.8 Å². The van der Waals surface area contributed by atoms with E-state index >= 15 is 0 Å². The normalized spacial score (nSPS) is 11.5. The zero-order valence-electron chi connectivity index (χ0n) is 20.7. The molecule has 0 saturated heterocycles. The number of alkyl carbamates (subject to hydrolysis) is 1. The van der Waals surface area contributed by atoms with Crippen molar-refractivity contribution in [3.8, 4) is 0 Å². The van der Waals surface area contributed by atoms with Crippen LogP contribution in [0.25, 0.3) is 0 Å². The van der Waals surface area contributed by atoms with Crippen molar-refractivity contribution in [2.24, 2.45) is 0 Å². The maximum absolute atomic E-state index is 12.4. The van der Waals surface area contributed by atoms with Crippen LogP contribution < -0.4 is 22.1 Å². The van der Waals surface area contributed by atoms with Gasteiger partial charge in [-0.3, -0.25) is 14.4 Å². The van der Waals surface area contributed by atoms with Crippen molar-refractivity contribution in [3.05, 3.63) is 11.4 Å². The van der Waals surface area contributed by atoms with E-state index in [4.69, 9.17) is 20.9 Å². The number of nitrogens with two attached hydrogens (primary N) is 2. The van der Waals surface area contributed by atoms with Crippen molar-refractivity contribution in [1.82, 2.24) is 20.6 Å². The Labute approximate surface area is 199 Å². The summed E-state index contributed by atoms with van der Waals surface area (Å²) in [5, 5.41) is 5.13. The minimum Gasteiger partial charge on any atom is -0.460 e. The Kier molecular flexibility index (Phi) is 10.2. The summed E-state index contributed by atoms with van der Waals surface area (Å²) in [5.41, 5.74) is 10.1. The number of ketones is 1. The van der Waals surface area contributed by atoms with Gasteiger partial charge in [-0.2, -0.15) is 0 Å². The number of rotatable bonds is 10. The van der Waals surface area contributed by atoms with Crippen LogP contribution in [0.3, 0.4) is 0 Å². The van der Waals surface area contributed by atoms with Crippen molar-refractivity contribution in [2.45, 2.75) is 78.4 Å². The average Bonchev–Trinajstić information content (AvgIpc) is 2.67. The largest absolute Gasteiger partial charge is 0.460 e. The van der Waals surface area contributed by atoms with E-state index in [0.717, 1.165) is 0 Å². The average molecular weight is 481 g/mol. The lowest BCUT2D eigenvalue weighted by atomic mass is 10.1. The van der Waals surface area contributed by atoms with Gasteiger partial charge in [0.05, 0.1) is 0 Å². The number of hydrogen-bond acceptors (Lipinski definition) is 10. The molecule has 12 heteroatoms. The molecule has 0 aromatic carbocycles. The van der Waals surface area contributed by atoms with Gasteiger partial charge in [0.2, 0.25) is 0 Å². The quantitative estimate of drug-likeness (QED) is 0.219. The monoisotopic (exact) mass is 480 g/mol. The van der Waals surface area contributed by atoms with Crippen LogP contribution in [0.5, 0.6) is 0 Å². The summed E-state index contributed by atoms with van der Waals surface area (Å²) in [6, 6.07) is 0. The summed E-state index contributed by atoms with van der Waals surface area (Å²) in [5.74, 6) is -1.88. The molecule has 0 unspecified atom stereocenters. The van der Waals surface area contributed by atoms with Gasteiger partial charge in [0.1, 0.15) is 11.2 Å². The Hall–Kier alpha value is -3.44. The number of nitrogen functional groups attached to an aromatic ring is 2. The number of hydrogen-bond donors (Lipinski definition) is 4. The molecule has 1 rings (SSSR count). The third-order valence-corrected chi connectivity index (χ3v) is 3.94. The summed E-state index contributed by atoms with van der Waals surface area (Å²) in [6.45, 7) is 11.0. The predicted molar refractivity (Wildman–Crippen MR) is 126 cm³/mol. The van der Waals surface area contributed by atoms with Crippen molar-refractivity contribution >= 4 is 35.4 Å². The van der Waals surface area contributed by atoms with Gasteiger partial charge < -0.3 is 31.6 Å². The summed E-state index contributed by atoms with van der Waals surface area (Å²) < 4.78 is 10.3. The molecule has 0 spiro atoms. The Balaban J connectivity index is 2.55. The van der Waals surface area contributed by atoms with Gasteiger partial charge in [-0.15, -0.1) is 0 Å². The van der Waals surface area contributed by atoms with Crippen molar-refractivity contribution < 1.29 is 28.7 Å². The van der Waals surface area contributed by atoms with E-state index in [9.17, 15) is 19.2 Å². The Morgan fingerprint density at radius 3 is 1.85 bits per heavy atom. The standard InChI is InChI=1S/C22H36N6O6/c1-21(2,3)33-14(30)10-8-11-25-19(31)16-18(24)27-15(17(23)28-16)13(29)9-7-12-26-20(32)34-22(4,5)6/h7-12H2,1-6H3,(H2,23,28)(H2,24,27)(H,25,31)(H,26,32). The summed E-state index contributed by atoms with van der Waals surface area (Å²) >= 11 is 0. The second-order valence-corrected chi connectivity index (χ2v) is 9.59. The van der Waals surface area contributed by atoms with Crippen molar-refractivity contribution in [3.63, 3.8) is 0 Å². The molecule has 12 nitrogen and oxygen atoms in total. The lowest BCUT2D eigenvalue weighted by molar-refractivity contribution is -0.154. The van der Waals surface area contributed by atoms with Crippen molar-refractivity contribution in [1.29, 1.82) is 0 Å². The van der Waals surface area contributed by atoms with Crippen LogP contribution in [0.4, 0.5) is 16.4 Å². The van der Waals surface area contributed by atoms with E-state index < -0.39 is 29.0 Å². The van der Waals surface area contributed by atoms with Gasteiger partial charge in [0.25, 0.3) is 5.91 Å². The molecule has 190 valence electrons. The fourth-order valence-corrected chi connectivity index (χ4v) is 2.62. The first-order valence-corrected chi connectivity index (χ1v) is 11.0. The molecule has 0 atom stereocenters. The molecule has 2 amide bonds. The van der Waals surface area contributed by atoms with Gasteiger partial charge in [0, 0.05) is 25.9 Å². The number of anilines is 2.